The minimum Gasteiger partial charge on any atom is -0.493 e. The number of nitrogens with zero attached hydrogens (tertiary/aromatic N) is 2. The molecule has 1 unspecified atom stereocenters. The Morgan fingerprint density at radius 1 is 1.55 bits per heavy atom. The summed E-state index contributed by atoms with van der Waals surface area (Å²) < 4.78 is 8.17. The van der Waals surface area contributed by atoms with Crippen LogP contribution in [-0.2, 0) is 7.05 Å². The molecule has 1 aromatic heterocycles. The number of rotatable bonds is 6. The van der Waals surface area contributed by atoms with Gasteiger partial charge in [-0.15, -0.1) is 11.8 Å². The molecule has 7 heteroatoms. The molecular weight excluding hydrogens is 340 g/mol. The third-order valence-corrected chi connectivity index (χ3v) is 4.49. The van der Waals surface area contributed by atoms with Gasteiger partial charge in [0.05, 0.1) is 25.0 Å². The molecule has 3 N–H and O–H groups in total. The van der Waals surface area contributed by atoms with E-state index in [1.54, 1.807) is 29.8 Å². The first-order valence-electron chi connectivity index (χ1n) is 6.06. The van der Waals surface area contributed by atoms with Crippen LogP contribution in [0.1, 0.15) is 11.7 Å². The number of ether oxygens (including phenoxy) is 1. The van der Waals surface area contributed by atoms with Crippen LogP contribution >= 0.6 is 27.7 Å². The van der Waals surface area contributed by atoms with E-state index in [2.05, 4.69) is 38.6 Å². The summed E-state index contributed by atoms with van der Waals surface area (Å²) in [6, 6.07) is 8.14. The quantitative estimate of drug-likeness (QED) is 0.472. The molecule has 0 saturated carbocycles. The van der Waals surface area contributed by atoms with Crippen molar-refractivity contribution >= 4 is 27.7 Å². The molecule has 0 aliphatic carbocycles. The molecule has 0 saturated heterocycles. The number of halogens is 1. The van der Waals surface area contributed by atoms with Crippen LogP contribution in [0, 0.1) is 0 Å². The van der Waals surface area contributed by atoms with Gasteiger partial charge >= 0.3 is 0 Å². The molecule has 1 atom stereocenters. The summed E-state index contributed by atoms with van der Waals surface area (Å²) in [7, 11) is 3.52. The molecule has 0 bridgehead atoms. The van der Waals surface area contributed by atoms with Gasteiger partial charge < -0.3 is 4.74 Å². The standard InChI is InChI=1S/C13H17BrN4OS/c1-18-13(12(19-2)7-16-18)11(17-15)8-20-10-5-3-4-9(14)6-10/h3-7,11,17H,8,15H2,1-2H3. The van der Waals surface area contributed by atoms with Crippen LogP contribution in [0.5, 0.6) is 5.75 Å². The first-order valence-corrected chi connectivity index (χ1v) is 7.84. The van der Waals surface area contributed by atoms with Crippen LogP contribution in [-0.4, -0.2) is 22.6 Å². The minimum absolute atomic E-state index is 0.0403. The Morgan fingerprint density at radius 2 is 2.35 bits per heavy atom. The molecule has 2 aromatic rings. The van der Waals surface area contributed by atoms with E-state index in [1.807, 2.05) is 19.2 Å². The number of hydrogen-bond donors (Lipinski definition) is 2. The zero-order valence-corrected chi connectivity index (χ0v) is 13.7. The van der Waals surface area contributed by atoms with Crippen molar-refractivity contribution in [1.82, 2.24) is 15.2 Å². The van der Waals surface area contributed by atoms with E-state index < -0.39 is 0 Å². The summed E-state index contributed by atoms with van der Waals surface area (Å²) in [5.74, 6) is 7.20. The van der Waals surface area contributed by atoms with Crippen LogP contribution in [0.3, 0.4) is 0 Å². The summed E-state index contributed by atoms with van der Waals surface area (Å²) in [4.78, 5) is 1.18. The van der Waals surface area contributed by atoms with Crippen molar-refractivity contribution in [2.45, 2.75) is 10.9 Å². The minimum atomic E-state index is -0.0403. The van der Waals surface area contributed by atoms with E-state index in [0.29, 0.717) is 0 Å². The summed E-state index contributed by atoms with van der Waals surface area (Å²) in [6.07, 6.45) is 1.70. The van der Waals surface area contributed by atoms with E-state index in [1.165, 1.54) is 4.90 Å². The number of thioether (sulfide) groups is 1. The number of hydrazine groups is 1. The lowest BCUT2D eigenvalue weighted by Crippen LogP contribution is -2.31. The van der Waals surface area contributed by atoms with E-state index >= 15 is 0 Å². The monoisotopic (exact) mass is 356 g/mol. The third-order valence-electron chi connectivity index (χ3n) is 2.91. The SMILES string of the molecule is COc1cnn(C)c1C(CSc1cccc(Br)c1)NN. The predicted octanol–water partition coefficient (Wildman–Crippen LogP) is 2.49. The van der Waals surface area contributed by atoms with Gasteiger partial charge in [0.25, 0.3) is 0 Å². The van der Waals surface area contributed by atoms with Gasteiger partial charge in [-0.25, -0.2) is 0 Å². The van der Waals surface area contributed by atoms with Crippen LogP contribution in [0.2, 0.25) is 0 Å². The lowest BCUT2D eigenvalue weighted by molar-refractivity contribution is 0.399. The molecule has 0 amide bonds. The number of aryl methyl sites for hydroxylation is 1. The Morgan fingerprint density at radius 3 is 3.00 bits per heavy atom. The Balaban J connectivity index is 2.11. The van der Waals surface area contributed by atoms with Crippen molar-refractivity contribution in [2.75, 3.05) is 12.9 Å². The van der Waals surface area contributed by atoms with Crippen molar-refractivity contribution in [3.63, 3.8) is 0 Å². The van der Waals surface area contributed by atoms with Crippen molar-refractivity contribution in [3.05, 3.63) is 40.6 Å². The van der Waals surface area contributed by atoms with E-state index in [4.69, 9.17) is 10.6 Å². The van der Waals surface area contributed by atoms with Gasteiger partial charge in [0.2, 0.25) is 0 Å². The van der Waals surface area contributed by atoms with Crippen LogP contribution in [0.4, 0.5) is 0 Å². The van der Waals surface area contributed by atoms with Gasteiger partial charge in [-0.3, -0.25) is 16.0 Å². The molecule has 1 aromatic carbocycles. The fraction of sp³-hybridized carbons (Fsp3) is 0.308. The van der Waals surface area contributed by atoms with E-state index in [-0.39, 0.29) is 6.04 Å². The van der Waals surface area contributed by atoms with Crippen LogP contribution in [0.25, 0.3) is 0 Å². The second-order valence-corrected chi connectivity index (χ2v) is 6.22. The highest BCUT2D eigenvalue weighted by Crippen LogP contribution is 2.30. The molecule has 0 aliphatic rings. The maximum absolute atomic E-state index is 5.68. The zero-order valence-electron chi connectivity index (χ0n) is 11.3. The highest BCUT2D eigenvalue weighted by atomic mass is 79.9. The van der Waals surface area contributed by atoms with Gasteiger partial charge in [-0.2, -0.15) is 5.10 Å². The van der Waals surface area contributed by atoms with Crippen molar-refractivity contribution in [2.24, 2.45) is 12.9 Å². The molecule has 20 heavy (non-hydrogen) atoms. The van der Waals surface area contributed by atoms with Gasteiger partial charge in [0.15, 0.2) is 5.75 Å². The lowest BCUT2D eigenvalue weighted by atomic mass is 10.2. The number of aromatic nitrogens is 2. The molecule has 5 nitrogen and oxygen atoms in total. The molecule has 0 fully saturated rings. The number of benzene rings is 1. The average molecular weight is 357 g/mol. The second kappa shape index (κ2) is 7.12. The maximum atomic E-state index is 5.68. The number of nitrogens with two attached hydrogens (primary N) is 1. The highest BCUT2D eigenvalue weighted by Gasteiger charge is 2.19. The largest absolute Gasteiger partial charge is 0.493 e. The van der Waals surface area contributed by atoms with E-state index in [0.717, 1.165) is 21.7 Å². The average Bonchev–Trinajstić information content (AvgIpc) is 2.81. The molecule has 0 radical (unpaired) electrons. The Kier molecular flexibility index (Phi) is 5.47. The number of methoxy groups -OCH3 is 1. The first-order chi connectivity index (χ1) is 9.65. The van der Waals surface area contributed by atoms with Crippen LogP contribution < -0.4 is 16.0 Å². The van der Waals surface area contributed by atoms with Gasteiger partial charge in [0.1, 0.15) is 0 Å². The molecule has 1 heterocycles. The highest BCUT2D eigenvalue weighted by molar-refractivity contribution is 9.10. The number of hydrogen-bond acceptors (Lipinski definition) is 5. The van der Waals surface area contributed by atoms with Crippen LogP contribution in [0.15, 0.2) is 39.8 Å². The lowest BCUT2D eigenvalue weighted by Gasteiger charge is -2.17. The molecule has 0 spiro atoms. The van der Waals surface area contributed by atoms with Gasteiger partial charge in [-0.1, -0.05) is 22.0 Å². The molecule has 0 aliphatic heterocycles. The Hall–Kier alpha value is -1.02. The fourth-order valence-corrected chi connectivity index (χ4v) is 3.47. The maximum Gasteiger partial charge on any atom is 0.161 e. The summed E-state index contributed by atoms with van der Waals surface area (Å²) in [5, 5.41) is 4.20. The molecular formula is C13H17BrN4OS. The van der Waals surface area contributed by atoms with Gasteiger partial charge in [-0.05, 0) is 18.2 Å². The predicted molar refractivity (Wildman–Crippen MR) is 84.7 cm³/mol. The van der Waals surface area contributed by atoms with Crippen molar-refractivity contribution in [3.8, 4) is 5.75 Å². The fourth-order valence-electron chi connectivity index (χ4n) is 1.92. The number of nitrogens with one attached hydrogen (secondary N) is 1. The van der Waals surface area contributed by atoms with Crippen molar-refractivity contribution < 1.29 is 4.74 Å². The van der Waals surface area contributed by atoms with Gasteiger partial charge in [0, 0.05) is 22.2 Å². The second-order valence-electron chi connectivity index (χ2n) is 4.21. The van der Waals surface area contributed by atoms with E-state index in [9.17, 15) is 0 Å². The smallest absolute Gasteiger partial charge is 0.161 e. The Bertz CT molecular complexity index is 575. The zero-order chi connectivity index (χ0) is 14.5. The Labute approximate surface area is 131 Å². The topological polar surface area (TPSA) is 65.1 Å². The normalized spacial score (nSPS) is 12.4. The molecule has 108 valence electrons. The summed E-state index contributed by atoms with van der Waals surface area (Å²) in [6.45, 7) is 0. The van der Waals surface area contributed by atoms with Crippen molar-refractivity contribution in [1.29, 1.82) is 0 Å². The summed E-state index contributed by atoms with van der Waals surface area (Å²) >= 11 is 5.20. The first kappa shape index (κ1) is 15.4. The molecule has 2 rings (SSSR count). The third kappa shape index (κ3) is 3.54. The summed E-state index contributed by atoms with van der Waals surface area (Å²) in [5.41, 5.74) is 3.77.